The lowest BCUT2D eigenvalue weighted by Crippen LogP contribution is -2.50. The van der Waals surface area contributed by atoms with Crippen molar-refractivity contribution < 1.29 is 0 Å². The maximum Gasteiger partial charge on any atom is 0.0100 e. The number of thioether (sulfide) groups is 1. The van der Waals surface area contributed by atoms with Gasteiger partial charge in [0.05, 0.1) is 0 Å². The third-order valence-corrected chi connectivity index (χ3v) is 4.97. The van der Waals surface area contributed by atoms with Gasteiger partial charge in [0.25, 0.3) is 0 Å². The summed E-state index contributed by atoms with van der Waals surface area (Å²) in [5.74, 6) is 0.991. The van der Waals surface area contributed by atoms with Crippen LogP contribution >= 0.6 is 11.8 Å². The zero-order chi connectivity index (χ0) is 11.5. The fourth-order valence-corrected chi connectivity index (χ4v) is 2.48. The van der Waals surface area contributed by atoms with Crippen LogP contribution in [0.5, 0.6) is 0 Å². The third kappa shape index (κ3) is 4.36. The number of rotatable bonds is 6. The molecular formula is C13H27NS. The highest BCUT2D eigenvalue weighted by Crippen LogP contribution is 2.30. The van der Waals surface area contributed by atoms with E-state index in [1.807, 2.05) is 11.8 Å². The Labute approximate surface area is 100.0 Å². The normalized spacial score (nSPS) is 19.6. The van der Waals surface area contributed by atoms with E-state index in [0.717, 1.165) is 12.0 Å². The van der Waals surface area contributed by atoms with E-state index in [0.29, 0.717) is 4.75 Å². The van der Waals surface area contributed by atoms with Gasteiger partial charge < -0.3 is 4.90 Å². The first-order valence-corrected chi connectivity index (χ1v) is 7.46. The summed E-state index contributed by atoms with van der Waals surface area (Å²) in [6.45, 7) is 12.0. The van der Waals surface area contributed by atoms with E-state index in [1.54, 1.807) is 0 Å². The molecule has 0 amide bonds. The number of nitrogens with zero attached hydrogens (tertiary/aromatic N) is 1. The zero-order valence-corrected chi connectivity index (χ0v) is 11.9. The topological polar surface area (TPSA) is 3.24 Å². The molecule has 90 valence electrons. The van der Waals surface area contributed by atoms with Gasteiger partial charge in [0.15, 0.2) is 0 Å². The lowest BCUT2D eigenvalue weighted by atomic mass is 9.91. The van der Waals surface area contributed by atoms with Gasteiger partial charge >= 0.3 is 0 Å². The van der Waals surface area contributed by atoms with Crippen molar-refractivity contribution in [2.24, 2.45) is 5.92 Å². The molecule has 0 radical (unpaired) electrons. The average Bonchev–Trinajstić information content (AvgIpc) is 2.08. The van der Waals surface area contributed by atoms with Crippen LogP contribution in [0, 0.1) is 5.92 Å². The molecule has 1 nitrogen and oxygen atoms in total. The lowest BCUT2D eigenvalue weighted by Gasteiger charge is -2.42. The molecule has 0 saturated carbocycles. The second-order valence-electron chi connectivity index (χ2n) is 5.77. The van der Waals surface area contributed by atoms with Crippen LogP contribution in [0.1, 0.15) is 47.0 Å². The summed E-state index contributed by atoms with van der Waals surface area (Å²) < 4.78 is 0.488. The molecule has 1 fully saturated rings. The van der Waals surface area contributed by atoms with Crippen molar-refractivity contribution in [1.29, 1.82) is 0 Å². The van der Waals surface area contributed by atoms with Gasteiger partial charge in [0.2, 0.25) is 0 Å². The molecular weight excluding hydrogens is 202 g/mol. The van der Waals surface area contributed by atoms with E-state index in [-0.39, 0.29) is 0 Å². The Morgan fingerprint density at radius 1 is 1.33 bits per heavy atom. The molecule has 0 aliphatic carbocycles. The highest BCUT2D eigenvalue weighted by Gasteiger charge is 2.28. The smallest absolute Gasteiger partial charge is 0.0100 e. The van der Waals surface area contributed by atoms with Crippen molar-refractivity contribution in [1.82, 2.24) is 4.90 Å². The Morgan fingerprint density at radius 3 is 2.40 bits per heavy atom. The second kappa shape index (κ2) is 5.58. The van der Waals surface area contributed by atoms with Crippen molar-refractivity contribution in [2.45, 2.75) is 57.7 Å². The number of hydrogen-bond donors (Lipinski definition) is 0. The quantitative estimate of drug-likeness (QED) is 0.684. The van der Waals surface area contributed by atoms with Crippen LogP contribution in [-0.2, 0) is 0 Å². The molecule has 0 spiro atoms. The summed E-state index contributed by atoms with van der Waals surface area (Å²) >= 11 is 2.00. The van der Waals surface area contributed by atoms with Crippen molar-refractivity contribution in [2.75, 3.05) is 19.3 Å². The lowest BCUT2D eigenvalue weighted by molar-refractivity contribution is 0.0610. The van der Waals surface area contributed by atoms with Crippen LogP contribution in [-0.4, -0.2) is 35.0 Å². The third-order valence-electron chi connectivity index (χ3n) is 3.66. The first-order chi connectivity index (χ1) is 6.94. The van der Waals surface area contributed by atoms with E-state index < -0.39 is 0 Å². The van der Waals surface area contributed by atoms with E-state index in [9.17, 15) is 0 Å². The molecule has 0 unspecified atom stereocenters. The van der Waals surface area contributed by atoms with Crippen LogP contribution in [0.15, 0.2) is 0 Å². The summed E-state index contributed by atoms with van der Waals surface area (Å²) in [5.41, 5.74) is 0. The van der Waals surface area contributed by atoms with Crippen molar-refractivity contribution >= 4 is 11.8 Å². The van der Waals surface area contributed by atoms with Gasteiger partial charge in [-0.3, -0.25) is 0 Å². The summed E-state index contributed by atoms with van der Waals surface area (Å²) in [5, 5.41) is 0. The van der Waals surface area contributed by atoms with E-state index in [2.05, 4.69) is 38.9 Å². The van der Waals surface area contributed by atoms with Crippen LogP contribution in [0.4, 0.5) is 0 Å². The average molecular weight is 229 g/mol. The van der Waals surface area contributed by atoms with Crippen LogP contribution in [0.3, 0.4) is 0 Å². The predicted molar refractivity (Wildman–Crippen MR) is 71.6 cm³/mol. The summed E-state index contributed by atoms with van der Waals surface area (Å²) in [6.07, 6.45) is 6.44. The van der Waals surface area contributed by atoms with E-state index >= 15 is 0 Å². The maximum absolute atomic E-state index is 2.57. The molecule has 0 aromatic heterocycles. The van der Waals surface area contributed by atoms with Gasteiger partial charge in [0.1, 0.15) is 0 Å². The summed E-state index contributed by atoms with van der Waals surface area (Å²) in [6, 6.07) is 0.754. The molecule has 1 rings (SSSR count). The van der Waals surface area contributed by atoms with Gasteiger partial charge in [-0.05, 0) is 38.9 Å². The van der Waals surface area contributed by atoms with Gasteiger partial charge in [-0.1, -0.05) is 20.3 Å². The molecule has 1 heterocycles. The Kier molecular flexibility index (Phi) is 4.98. The van der Waals surface area contributed by atoms with E-state index in [4.69, 9.17) is 0 Å². The van der Waals surface area contributed by atoms with Crippen LogP contribution in [0.25, 0.3) is 0 Å². The van der Waals surface area contributed by atoms with Gasteiger partial charge in [-0.25, -0.2) is 0 Å². The zero-order valence-electron chi connectivity index (χ0n) is 11.0. The highest BCUT2D eigenvalue weighted by molar-refractivity contribution is 7.99. The molecule has 1 aliphatic heterocycles. The molecule has 0 atom stereocenters. The minimum atomic E-state index is 0.488. The summed E-state index contributed by atoms with van der Waals surface area (Å²) in [4.78, 5) is 2.57. The van der Waals surface area contributed by atoms with Gasteiger partial charge in [-0.15, -0.1) is 0 Å². The van der Waals surface area contributed by atoms with Crippen molar-refractivity contribution in [3.63, 3.8) is 0 Å². The minimum absolute atomic E-state index is 0.488. The predicted octanol–water partition coefficient (Wildman–Crippen LogP) is 3.64. The molecule has 0 aromatic carbocycles. The molecule has 1 saturated heterocycles. The Morgan fingerprint density at radius 2 is 1.93 bits per heavy atom. The molecule has 2 heteroatoms. The fourth-order valence-electron chi connectivity index (χ4n) is 2.13. The highest BCUT2D eigenvalue weighted by atomic mass is 32.2. The standard InChI is InChI=1S/C13H27NS/c1-11(2)14-9-12(10-14)7-6-8-13(3,4)15-5/h11-12H,6-10H2,1-5H3. The Hall–Kier alpha value is 0.310. The Bertz CT molecular complexity index is 183. The first kappa shape index (κ1) is 13.4. The fraction of sp³-hybridized carbons (Fsp3) is 1.00. The molecule has 0 aromatic rings. The van der Waals surface area contributed by atoms with Gasteiger partial charge in [0, 0.05) is 23.9 Å². The molecule has 1 aliphatic rings. The maximum atomic E-state index is 2.57. The summed E-state index contributed by atoms with van der Waals surface area (Å²) in [7, 11) is 0. The number of hydrogen-bond acceptors (Lipinski definition) is 2. The SMILES string of the molecule is CSC(C)(C)CCCC1CN(C(C)C)C1. The van der Waals surface area contributed by atoms with Crippen molar-refractivity contribution in [3.8, 4) is 0 Å². The monoisotopic (exact) mass is 229 g/mol. The minimum Gasteiger partial charge on any atom is -0.300 e. The van der Waals surface area contributed by atoms with Gasteiger partial charge in [-0.2, -0.15) is 11.8 Å². The van der Waals surface area contributed by atoms with Crippen LogP contribution in [0.2, 0.25) is 0 Å². The van der Waals surface area contributed by atoms with E-state index in [1.165, 1.54) is 32.4 Å². The van der Waals surface area contributed by atoms with Crippen molar-refractivity contribution in [3.05, 3.63) is 0 Å². The molecule has 0 N–H and O–H groups in total. The first-order valence-electron chi connectivity index (χ1n) is 6.24. The molecule has 0 bridgehead atoms. The molecule has 15 heavy (non-hydrogen) atoms. The Balaban J connectivity index is 2.04. The van der Waals surface area contributed by atoms with Crippen LogP contribution < -0.4 is 0 Å². The largest absolute Gasteiger partial charge is 0.300 e. The second-order valence-corrected chi connectivity index (χ2v) is 7.28. The number of likely N-dealkylation sites (tertiary alicyclic amines) is 1.